The average Bonchev–Trinajstić information content (AvgIpc) is 2.10. The zero-order chi connectivity index (χ0) is 12.3. The second-order valence-corrected chi connectivity index (χ2v) is 6.03. The van der Waals surface area contributed by atoms with E-state index in [0.717, 1.165) is 18.4 Å². The maximum Gasteiger partial charge on any atom is 0.137 e. The summed E-state index contributed by atoms with van der Waals surface area (Å²) in [4.78, 5) is 0. The fraction of sp³-hybridized carbons (Fsp3) is 0.538. The van der Waals surface area contributed by atoms with Gasteiger partial charge in [-0.1, -0.05) is 26.0 Å². The monoisotopic (exact) mass is 287 g/mol. The topological polar surface area (TPSA) is 26.0 Å². The summed E-state index contributed by atoms with van der Waals surface area (Å²) in [6, 6.07) is 5.34. The van der Waals surface area contributed by atoms with E-state index in [9.17, 15) is 4.39 Å². The molecule has 16 heavy (non-hydrogen) atoms. The minimum absolute atomic E-state index is 0.0878. The summed E-state index contributed by atoms with van der Waals surface area (Å²) in [6.45, 7) is 6.32. The van der Waals surface area contributed by atoms with Gasteiger partial charge >= 0.3 is 0 Å². The first kappa shape index (κ1) is 13.7. The third-order valence-corrected chi connectivity index (χ3v) is 3.46. The molecule has 1 nitrogen and oxygen atoms in total. The third kappa shape index (κ3) is 3.87. The van der Waals surface area contributed by atoms with Gasteiger partial charge in [0.15, 0.2) is 0 Å². The van der Waals surface area contributed by atoms with Crippen LogP contribution in [0.4, 0.5) is 4.39 Å². The molecule has 3 heteroatoms. The minimum Gasteiger partial charge on any atom is -0.328 e. The first-order valence-corrected chi connectivity index (χ1v) is 6.29. The van der Waals surface area contributed by atoms with E-state index in [1.165, 1.54) is 6.07 Å². The van der Waals surface area contributed by atoms with Crippen LogP contribution in [-0.4, -0.2) is 6.04 Å². The Kier molecular flexibility index (Phi) is 4.51. The molecular weight excluding hydrogens is 269 g/mol. The van der Waals surface area contributed by atoms with Crippen molar-refractivity contribution in [1.82, 2.24) is 0 Å². The molecule has 0 aromatic heterocycles. The highest BCUT2D eigenvalue weighted by Gasteiger charge is 2.21. The standard InChI is InChI=1S/C13H19BrFN/c1-9(16)7-13(2,3)8-10-5-4-6-11(15)12(10)14/h4-6,9H,7-8,16H2,1-3H3. The van der Waals surface area contributed by atoms with Crippen molar-refractivity contribution in [3.8, 4) is 0 Å². The number of hydrogen-bond donors (Lipinski definition) is 1. The largest absolute Gasteiger partial charge is 0.328 e. The summed E-state index contributed by atoms with van der Waals surface area (Å²) < 4.78 is 13.9. The number of rotatable bonds is 4. The van der Waals surface area contributed by atoms with E-state index in [0.29, 0.717) is 4.47 Å². The summed E-state index contributed by atoms with van der Waals surface area (Å²) in [5.74, 6) is -0.200. The number of halogens is 2. The molecule has 0 saturated heterocycles. The lowest BCUT2D eigenvalue weighted by molar-refractivity contribution is 0.308. The van der Waals surface area contributed by atoms with Crippen LogP contribution in [-0.2, 0) is 6.42 Å². The zero-order valence-electron chi connectivity index (χ0n) is 10.1. The molecule has 0 heterocycles. The Morgan fingerprint density at radius 2 is 2.06 bits per heavy atom. The SMILES string of the molecule is CC(N)CC(C)(C)Cc1cccc(F)c1Br. The van der Waals surface area contributed by atoms with Gasteiger partial charge in [-0.3, -0.25) is 0 Å². The molecule has 0 fully saturated rings. The number of hydrogen-bond acceptors (Lipinski definition) is 1. The molecule has 0 bridgehead atoms. The molecule has 0 amide bonds. The van der Waals surface area contributed by atoms with Gasteiger partial charge in [0.05, 0.1) is 4.47 Å². The van der Waals surface area contributed by atoms with E-state index >= 15 is 0 Å². The molecule has 1 rings (SSSR count). The molecule has 0 saturated carbocycles. The first-order chi connectivity index (χ1) is 7.32. The molecule has 0 aliphatic rings. The predicted molar refractivity (Wildman–Crippen MR) is 69.9 cm³/mol. The molecule has 0 aliphatic heterocycles. The normalized spacial score (nSPS) is 13.9. The number of nitrogens with two attached hydrogens (primary N) is 1. The molecule has 2 N–H and O–H groups in total. The van der Waals surface area contributed by atoms with Gasteiger partial charge in [-0.05, 0) is 52.7 Å². The summed E-state index contributed by atoms with van der Waals surface area (Å²) in [5.41, 5.74) is 6.91. The third-order valence-electron chi connectivity index (χ3n) is 2.58. The highest BCUT2D eigenvalue weighted by atomic mass is 79.9. The fourth-order valence-electron chi connectivity index (χ4n) is 2.14. The summed E-state index contributed by atoms with van der Waals surface area (Å²) in [7, 11) is 0. The predicted octanol–water partition coefficient (Wildman–Crippen LogP) is 3.89. The lowest BCUT2D eigenvalue weighted by Gasteiger charge is -2.27. The molecule has 1 aromatic rings. The first-order valence-electron chi connectivity index (χ1n) is 5.50. The minimum atomic E-state index is -0.200. The second-order valence-electron chi connectivity index (χ2n) is 5.24. The van der Waals surface area contributed by atoms with Crippen LogP contribution in [0.25, 0.3) is 0 Å². The maximum absolute atomic E-state index is 13.3. The van der Waals surface area contributed by atoms with Gasteiger partial charge in [-0.15, -0.1) is 0 Å². The van der Waals surface area contributed by atoms with Crippen molar-refractivity contribution in [2.75, 3.05) is 0 Å². The van der Waals surface area contributed by atoms with Crippen molar-refractivity contribution in [2.45, 2.75) is 39.7 Å². The van der Waals surface area contributed by atoms with Crippen LogP contribution in [0.5, 0.6) is 0 Å². The van der Waals surface area contributed by atoms with E-state index in [2.05, 4.69) is 29.8 Å². The lowest BCUT2D eigenvalue weighted by Crippen LogP contribution is -2.26. The summed E-state index contributed by atoms with van der Waals surface area (Å²) >= 11 is 3.29. The molecule has 0 aliphatic carbocycles. The van der Waals surface area contributed by atoms with Gasteiger partial charge in [0, 0.05) is 6.04 Å². The van der Waals surface area contributed by atoms with Crippen molar-refractivity contribution in [3.63, 3.8) is 0 Å². The Labute approximate surface area is 105 Å². The molecule has 90 valence electrons. The fourth-order valence-corrected chi connectivity index (χ4v) is 2.55. The van der Waals surface area contributed by atoms with Gasteiger partial charge in [0.1, 0.15) is 5.82 Å². The summed E-state index contributed by atoms with van der Waals surface area (Å²) in [6.07, 6.45) is 1.75. The van der Waals surface area contributed by atoms with Crippen LogP contribution in [0.1, 0.15) is 32.8 Å². The van der Waals surface area contributed by atoms with Crippen molar-refractivity contribution < 1.29 is 4.39 Å². The average molecular weight is 288 g/mol. The van der Waals surface area contributed by atoms with E-state index in [1.54, 1.807) is 6.07 Å². The Morgan fingerprint density at radius 1 is 1.44 bits per heavy atom. The zero-order valence-corrected chi connectivity index (χ0v) is 11.6. The van der Waals surface area contributed by atoms with Gasteiger partial charge in [-0.2, -0.15) is 0 Å². The van der Waals surface area contributed by atoms with Crippen LogP contribution >= 0.6 is 15.9 Å². The van der Waals surface area contributed by atoms with Crippen molar-refractivity contribution in [3.05, 3.63) is 34.1 Å². The molecule has 0 radical (unpaired) electrons. The molecule has 1 atom stereocenters. The second kappa shape index (κ2) is 5.28. The smallest absolute Gasteiger partial charge is 0.137 e. The lowest BCUT2D eigenvalue weighted by atomic mass is 9.80. The van der Waals surface area contributed by atoms with Crippen molar-refractivity contribution >= 4 is 15.9 Å². The Morgan fingerprint density at radius 3 is 2.62 bits per heavy atom. The molecule has 1 aromatic carbocycles. The quantitative estimate of drug-likeness (QED) is 0.893. The van der Waals surface area contributed by atoms with E-state index in [1.807, 2.05) is 13.0 Å². The summed E-state index contributed by atoms with van der Waals surface area (Å²) in [5, 5.41) is 0. The molecule has 0 spiro atoms. The molecular formula is C13H19BrFN. The van der Waals surface area contributed by atoms with Gasteiger partial charge in [-0.25, -0.2) is 4.39 Å². The van der Waals surface area contributed by atoms with E-state index in [-0.39, 0.29) is 17.3 Å². The van der Waals surface area contributed by atoms with Crippen LogP contribution in [0.3, 0.4) is 0 Å². The van der Waals surface area contributed by atoms with Crippen LogP contribution in [0.15, 0.2) is 22.7 Å². The Hall–Kier alpha value is -0.410. The number of benzene rings is 1. The van der Waals surface area contributed by atoms with Crippen LogP contribution in [0, 0.1) is 11.2 Å². The van der Waals surface area contributed by atoms with E-state index < -0.39 is 0 Å². The Bertz CT molecular complexity index is 361. The van der Waals surface area contributed by atoms with Gasteiger partial charge in [0.2, 0.25) is 0 Å². The maximum atomic E-state index is 13.3. The van der Waals surface area contributed by atoms with Crippen LogP contribution in [0.2, 0.25) is 0 Å². The highest BCUT2D eigenvalue weighted by molar-refractivity contribution is 9.10. The van der Waals surface area contributed by atoms with Crippen molar-refractivity contribution in [1.29, 1.82) is 0 Å². The molecule has 1 unspecified atom stereocenters. The Balaban J connectivity index is 2.83. The van der Waals surface area contributed by atoms with Gasteiger partial charge < -0.3 is 5.73 Å². The van der Waals surface area contributed by atoms with Crippen LogP contribution < -0.4 is 5.73 Å². The van der Waals surface area contributed by atoms with Gasteiger partial charge in [0.25, 0.3) is 0 Å². The highest BCUT2D eigenvalue weighted by Crippen LogP contribution is 2.31. The van der Waals surface area contributed by atoms with Crippen molar-refractivity contribution in [2.24, 2.45) is 11.1 Å². The van der Waals surface area contributed by atoms with E-state index in [4.69, 9.17) is 5.73 Å².